The minimum atomic E-state index is -0.892. The van der Waals surface area contributed by atoms with Crippen LogP contribution in [0.4, 0.5) is 0 Å². The Morgan fingerprint density at radius 3 is 2.59 bits per heavy atom. The summed E-state index contributed by atoms with van der Waals surface area (Å²) in [5.41, 5.74) is 2.58. The van der Waals surface area contributed by atoms with Gasteiger partial charge in [0.15, 0.2) is 0 Å². The third-order valence-corrected chi connectivity index (χ3v) is 2.58. The first-order valence-electron chi connectivity index (χ1n) is 5.71. The van der Waals surface area contributed by atoms with Gasteiger partial charge in [-0.1, -0.05) is 35.9 Å². The highest BCUT2D eigenvalue weighted by Gasteiger charge is 1.98. The van der Waals surface area contributed by atoms with Crippen molar-refractivity contribution in [3.05, 3.63) is 47.5 Å². The van der Waals surface area contributed by atoms with Gasteiger partial charge in [0.05, 0.1) is 0 Å². The van der Waals surface area contributed by atoms with Crippen molar-refractivity contribution >= 4 is 5.97 Å². The average Bonchev–Trinajstić information content (AvgIpc) is 2.28. The van der Waals surface area contributed by atoms with Crippen molar-refractivity contribution in [2.45, 2.75) is 13.3 Å². The van der Waals surface area contributed by atoms with Gasteiger partial charge in [0.1, 0.15) is 0 Å². The fourth-order valence-corrected chi connectivity index (χ4v) is 1.50. The monoisotopic (exact) mass is 233 g/mol. The van der Waals surface area contributed by atoms with Gasteiger partial charge < -0.3 is 10.0 Å². The second-order valence-electron chi connectivity index (χ2n) is 4.24. The molecule has 0 aliphatic heterocycles. The van der Waals surface area contributed by atoms with Crippen molar-refractivity contribution in [3.63, 3.8) is 0 Å². The van der Waals surface area contributed by atoms with Crippen molar-refractivity contribution in [3.8, 4) is 0 Å². The van der Waals surface area contributed by atoms with Crippen molar-refractivity contribution in [1.29, 1.82) is 0 Å². The van der Waals surface area contributed by atoms with Crippen LogP contribution in [0.3, 0.4) is 0 Å². The molecule has 0 aromatic heterocycles. The van der Waals surface area contributed by atoms with Crippen LogP contribution < -0.4 is 0 Å². The van der Waals surface area contributed by atoms with Crippen LogP contribution in [0.5, 0.6) is 0 Å². The van der Waals surface area contributed by atoms with Crippen LogP contribution in [-0.2, 0) is 11.2 Å². The number of carboxylic acids is 1. The van der Waals surface area contributed by atoms with E-state index in [1.807, 2.05) is 7.05 Å². The second-order valence-corrected chi connectivity index (χ2v) is 4.24. The number of hydrogen-bond donors (Lipinski definition) is 1. The first-order chi connectivity index (χ1) is 8.08. The average molecular weight is 233 g/mol. The molecule has 1 aromatic carbocycles. The van der Waals surface area contributed by atoms with E-state index in [1.54, 1.807) is 6.08 Å². The number of aryl methyl sites for hydroxylation is 1. The highest BCUT2D eigenvalue weighted by molar-refractivity contribution is 5.79. The number of nitrogens with zero attached hydrogens (tertiary/aromatic N) is 1. The molecule has 0 saturated heterocycles. The van der Waals surface area contributed by atoms with E-state index in [4.69, 9.17) is 5.11 Å². The van der Waals surface area contributed by atoms with Crippen molar-refractivity contribution < 1.29 is 9.90 Å². The maximum absolute atomic E-state index is 10.3. The lowest BCUT2D eigenvalue weighted by atomic mass is 10.1. The van der Waals surface area contributed by atoms with Crippen LogP contribution in [0.25, 0.3) is 0 Å². The van der Waals surface area contributed by atoms with Gasteiger partial charge >= 0.3 is 5.97 Å². The zero-order valence-electron chi connectivity index (χ0n) is 10.4. The van der Waals surface area contributed by atoms with Crippen molar-refractivity contribution in [1.82, 2.24) is 4.90 Å². The Kier molecular flexibility index (Phi) is 5.43. The van der Waals surface area contributed by atoms with Crippen LogP contribution in [0.2, 0.25) is 0 Å². The molecule has 1 aromatic rings. The molecule has 0 fully saturated rings. The Hall–Kier alpha value is -1.61. The lowest BCUT2D eigenvalue weighted by Gasteiger charge is -2.13. The minimum Gasteiger partial charge on any atom is -0.478 e. The molecule has 0 unspecified atom stereocenters. The van der Waals surface area contributed by atoms with E-state index in [9.17, 15) is 4.79 Å². The number of benzene rings is 1. The summed E-state index contributed by atoms with van der Waals surface area (Å²) in [6.45, 7) is 3.66. The lowest BCUT2D eigenvalue weighted by Crippen LogP contribution is -2.21. The Labute approximate surface area is 102 Å². The van der Waals surface area contributed by atoms with Crippen molar-refractivity contribution in [2.75, 3.05) is 20.1 Å². The summed E-state index contributed by atoms with van der Waals surface area (Å²) in [5, 5.41) is 8.45. The first-order valence-corrected chi connectivity index (χ1v) is 5.71. The van der Waals surface area contributed by atoms with E-state index in [0.717, 1.165) is 13.0 Å². The van der Waals surface area contributed by atoms with E-state index >= 15 is 0 Å². The number of rotatable bonds is 6. The normalized spacial score (nSPS) is 11.2. The minimum absolute atomic E-state index is 0.665. The number of likely N-dealkylation sites (N-methyl/N-ethyl adjacent to an activating group) is 1. The number of hydrogen-bond acceptors (Lipinski definition) is 2. The van der Waals surface area contributed by atoms with Gasteiger partial charge in [0, 0.05) is 19.2 Å². The predicted molar refractivity (Wildman–Crippen MR) is 69.2 cm³/mol. The topological polar surface area (TPSA) is 40.5 Å². The Morgan fingerprint density at radius 2 is 2.00 bits per heavy atom. The molecule has 92 valence electrons. The highest BCUT2D eigenvalue weighted by Crippen LogP contribution is 2.04. The summed E-state index contributed by atoms with van der Waals surface area (Å²) in [6, 6.07) is 8.49. The maximum atomic E-state index is 10.3. The summed E-state index contributed by atoms with van der Waals surface area (Å²) in [4.78, 5) is 12.4. The van der Waals surface area contributed by atoms with Gasteiger partial charge in [-0.05, 0) is 26.0 Å². The van der Waals surface area contributed by atoms with Crippen LogP contribution >= 0.6 is 0 Å². The summed E-state index contributed by atoms with van der Waals surface area (Å²) >= 11 is 0. The molecule has 0 aliphatic rings. The summed E-state index contributed by atoms with van der Waals surface area (Å²) in [7, 11) is 1.99. The molecule has 0 bridgehead atoms. The molecule has 1 rings (SSSR count). The summed E-state index contributed by atoms with van der Waals surface area (Å²) in [5.74, 6) is -0.892. The van der Waals surface area contributed by atoms with Crippen LogP contribution in [0, 0.1) is 6.92 Å². The van der Waals surface area contributed by atoms with E-state index in [1.165, 1.54) is 17.2 Å². The van der Waals surface area contributed by atoms with E-state index in [-0.39, 0.29) is 0 Å². The van der Waals surface area contributed by atoms with E-state index in [2.05, 4.69) is 36.1 Å². The molecule has 0 spiro atoms. The Balaban J connectivity index is 2.30. The standard InChI is InChI=1S/C14H19NO2/c1-12-5-7-13(8-6-12)9-11-15(2)10-3-4-14(16)17/h3-8H,9-11H2,1-2H3,(H,16,17)/b4-3+. The molecule has 0 amide bonds. The zero-order chi connectivity index (χ0) is 12.7. The van der Waals surface area contributed by atoms with Gasteiger partial charge in [-0.25, -0.2) is 4.79 Å². The molecular weight excluding hydrogens is 214 g/mol. The summed E-state index contributed by atoms with van der Waals surface area (Å²) in [6.07, 6.45) is 3.83. The van der Waals surface area contributed by atoms with Gasteiger partial charge in [0.25, 0.3) is 0 Å². The molecule has 0 atom stereocenters. The molecular formula is C14H19NO2. The Bertz CT molecular complexity index is 382. The van der Waals surface area contributed by atoms with Crippen LogP contribution in [0.1, 0.15) is 11.1 Å². The van der Waals surface area contributed by atoms with Crippen molar-refractivity contribution in [2.24, 2.45) is 0 Å². The molecule has 0 radical (unpaired) electrons. The summed E-state index contributed by atoms with van der Waals surface area (Å²) < 4.78 is 0. The maximum Gasteiger partial charge on any atom is 0.328 e. The fraction of sp³-hybridized carbons (Fsp3) is 0.357. The lowest BCUT2D eigenvalue weighted by molar-refractivity contribution is -0.131. The van der Waals surface area contributed by atoms with Crippen LogP contribution in [0.15, 0.2) is 36.4 Å². The molecule has 3 heteroatoms. The molecule has 3 nitrogen and oxygen atoms in total. The van der Waals surface area contributed by atoms with Crippen LogP contribution in [-0.4, -0.2) is 36.1 Å². The second kappa shape index (κ2) is 6.86. The number of carbonyl (C=O) groups is 1. The van der Waals surface area contributed by atoms with Gasteiger partial charge in [-0.15, -0.1) is 0 Å². The number of aliphatic carboxylic acids is 1. The first kappa shape index (κ1) is 13.5. The third kappa shape index (κ3) is 5.88. The molecule has 1 N–H and O–H groups in total. The van der Waals surface area contributed by atoms with Gasteiger partial charge in [0.2, 0.25) is 0 Å². The largest absolute Gasteiger partial charge is 0.478 e. The fourth-order valence-electron chi connectivity index (χ4n) is 1.50. The van der Waals surface area contributed by atoms with E-state index in [0.29, 0.717) is 6.54 Å². The quantitative estimate of drug-likeness (QED) is 0.765. The third-order valence-electron chi connectivity index (χ3n) is 2.58. The molecule has 0 heterocycles. The highest BCUT2D eigenvalue weighted by atomic mass is 16.4. The molecule has 0 saturated carbocycles. The number of carboxylic acid groups (broad SMARTS) is 1. The van der Waals surface area contributed by atoms with Gasteiger partial charge in [-0.3, -0.25) is 0 Å². The SMILES string of the molecule is Cc1ccc(CCN(C)C/C=C/C(=O)O)cc1. The predicted octanol–water partition coefficient (Wildman–Crippen LogP) is 2.11. The smallest absolute Gasteiger partial charge is 0.328 e. The van der Waals surface area contributed by atoms with Gasteiger partial charge in [-0.2, -0.15) is 0 Å². The van der Waals surface area contributed by atoms with E-state index < -0.39 is 5.97 Å². The zero-order valence-corrected chi connectivity index (χ0v) is 10.4. The molecule has 0 aliphatic carbocycles. The molecule has 17 heavy (non-hydrogen) atoms. The Morgan fingerprint density at radius 1 is 1.35 bits per heavy atom.